The van der Waals surface area contributed by atoms with Gasteiger partial charge >= 0.3 is 5.97 Å². The van der Waals surface area contributed by atoms with Crippen LogP contribution < -0.4 is 5.73 Å². The largest absolute Gasteiger partial charge is 0.480 e. The maximum atomic E-state index is 10.5. The first-order chi connectivity index (χ1) is 6.50. The molecule has 0 radical (unpaired) electrons. The molecule has 1 aromatic heterocycles. The van der Waals surface area contributed by atoms with Crippen LogP contribution in [0.25, 0.3) is 0 Å². The highest BCUT2D eigenvalue weighted by Gasteiger charge is 2.13. The van der Waals surface area contributed by atoms with Gasteiger partial charge in [0.25, 0.3) is 0 Å². The van der Waals surface area contributed by atoms with E-state index in [1.165, 1.54) is 6.20 Å². The highest BCUT2D eigenvalue weighted by Crippen LogP contribution is 2.13. The molecular formula is C9H11ClN2O2. The Morgan fingerprint density at radius 1 is 1.79 bits per heavy atom. The molecule has 1 heterocycles. The first-order valence-corrected chi connectivity index (χ1v) is 4.48. The summed E-state index contributed by atoms with van der Waals surface area (Å²) in [6.45, 7) is 1.79. The molecule has 0 amide bonds. The van der Waals surface area contributed by atoms with E-state index >= 15 is 0 Å². The Bertz CT molecular complexity index is 355. The summed E-state index contributed by atoms with van der Waals surface area (Å²) >= 11 is 5.73. The minimum Gasteiger partial charge on any atom is -0.480 e. The average molecular weight is 215 g/mol. The molecule has 0 saturated carbocycles. The first-order valence-electron chi connectivity index (χ1n) is 4.10. The molecule has 3 N–H and O–H groups in total. The van der Waals surface area contributed by atoms with Crippen molar-refractivity contribution in [3.05, 3.63) is 28.5 Å². The zero-order valence-corrected chi connectivity index (χ0v) is 8.45. The molecule has 0 aliphatic carbocycles. The fraction of sp³-hybridized carbons (Fsp3) is 0.333. The molecule has 1 aromatic rings. The van der Waals surface area contributed by atoms with Crippen molar-refractivity contribution in [2.75, 3.05) is 0 Å². The van der Waals surface area contributed by atoms with Gasteiger partial charge in [0.2, 0.25) is 0 Å². The lowest BCUT2D eigenvalue weighted by Crippen LogP contribution is -2.32. The van der Waals surface area contributed by atoms with E-state index < -0.39 is 12.0 Å². The molecule has 1 atom stereocenters. The Morgan fingerprint density at radius 3 is 3.00 bits per heavy atom. The van der Waals surface area contributed by atoms with Gasteiger partial charge in [-0.05, 0) is 18.6 Å². The van der Waals surface area contributed by atoms with Crippen LogP contribution in [0.15, 0.2) is 12.3 Å². The third kappa shape index (κ3) is 2.68. The Morgan fingerprint density at radius 2 is 2.43 bits per heavy atom. The minimum absolute atomic E-state index is 0.245. The molecule has 0 fully saturated rings. The lowest BCUT2D eigenvalue weighted by molar-refractivity contribution is -0.138. The molecule has 0 unspecified atom stereocenters. The van der Waals surface area contributed by atoms with E-state index in [9.17, 15) is 4.79 Å². The molecule has 5 heteroatoms. The van der Waals surface area contributed by atoms with Crippen LogP contribution >= 0.6 is 11.6 Å². The summed E-state index contributed by atoms with van der Waals surface area (Å²) in [4.78, 5) is 14.5. The molecule has 76 valence electrons. The fourth-order valence-electron chi connectivity index (χ4n) is 1.08. The summed E-state index contributed by atoms with van der Waals surface area (Å²) in [5.74, 6) is -1.02. The van der Waals surface area contributed by atoms with Crippen LogP contribution in [0, 0.1) is 6.92 Å². The smallest absolute Gasteiger partial charge is 0.320 e. The normalized spacial score (nSPS) is 12.5. The van der Waals surface area contributed by atoms with Crippen molar-refractivity contribution >= 4 is 17.6 Å². The molecule has 4 nitrogen and oxygen atoms in total. The number of hydrogen-bond acceptors (Lipinski definition) is 3. The number of carboxylic acids is 1. The molecule has 0 aliphatic heterocycles. The van der Waals surface area contributed by atoms with Gasteiger partial charge in [-0.3, -0.25) is 9.78 Å². The van der Waals surface area contributed by atoms with Crippen molar-refractivity contribution in [3.63, 3.8) is 0 Å². The van der Waals surface area contributed by atoms with Crippen LogP contribution in [0.2, 0.25) is 5.02 Å². The second-order valence-corrected chi connectivity index (χ2v) is 3.48. The van der Waals surface area contributed by atoms with E-state index in [0.717, 1.165) is 11.3 Å². The highest BCUT2D eigenvalue weighted by atomic mass is 35.5. The van der Waals surface area contributed by atoms with Crippen LogP contribution in [-0.2, 0) is 11.2 Å². The van der Waals surface area contributed by atoms with Crippen LogP contribution in [-0.4, -0.2) is 22.1 Å². The zero-order valence-electron chi connectivity index (χ0n) is 7.70. The van der Waals surface area contributed by atoms with E-state index in [1.54, 1.807) is 13.0 Å². The van der Waals surface area contributed by atoms with Crippen molar-refractivity contribution in [2.45, 2.75) is 19.4 Å². The van der Waals surface area contributed by atoms with Gasteiger partial charge in [-0.15, -0.1) is 0 Å². The molecule has 0 bridgehead atoms. The predicted octanol–water partition coefficient (Wildman–Crippen LogP) is 0.998. The van der Waals surface area contributed by atoms with Gasteiger partial charge in [0.15, 0.2) is 0 Å². The number of carbonyl (C=O) groups is 1. The minimum atomic E-state index is -1.02. The number of aromatic nitrogens is 1. The van der Waals surface area contributed by atoms with Crippen molar-refractivity contribution in [1.82, 2.24) is 4.98 Å². The fourth-order valence-corrected chi connectivity index (χ4v) is 1.26. The second-order valence-electron chi connectivity index (χ2n) is 3.05. The molecule has 0 spiro atoms. The number of halogens is 1. The number of aryl methyl sites for hydroxylation is 1. The summed E-state index contributed by atoms with van der Waals surface area (Å²) in [5.41, 5.74) is 6.92. The van der Waals surface area contributed by atoms with Crippen molar-refractivity contribution in [3.8, 4) is 0 Å². The molecule has 1 rings (SSSR count). The van der Waals surface area contributed by atoms with E-state index in [-0.39, 0.29) is 6.42 Å². The lowest BCUT2D eigenvalue weighted by Gasteiger charge is -2.08. The second kappa shape index (κ2) is 4.39. The lowest BCUT2D eigenvalue weighted by atomic mass is 10.1. The maximum absolute atomic E-state index is 10.5. The maximum Gasteiger partial charge on any atom is 0.320 e. The van der Waals surface area contributed by atoms with E-state index in [2.05, 4.69) is 4.98 Å². The van der Waals surface area contributed by atoms with Gasteiger partial charge in [-0.25, -0.2) is 0 Å². The first kappa shape index (κ1) is 10.9. The van der Waals surface area contributed by atoms with E-state index in [4.69, 9.17) is 22.4 Å². The zero-order chi connectivity index (χ0) is 10.7. The Balaban J connectivity index is 2.85. The quantitative estimate of drug-likeness (QED) is 0.787. The van der Waals surface area contributed by atoms with Crippen molar-refractivity contribution in [1.29, 1.82) is 0 Å². The molecule has 0 aromatic carbocycles. The van der Waals surface area contributed by atoms with Gasteiger partial charge in [-0.1, -0.05) is 11.6 Å². The number of aliphatic carboxylic acids is 1. The predicted molar refractivity (Wildman–Crippen MR) is 53.3 cm³/mol. The van der Waals surface area contributed by atoms with Crippen LogP contribution in [0.5, 0.6) is 0 Å². The summed E-state index contributed by atoms with van der Waals surface area (Å²) in [7, 11) is 0. The molecule has 0 saturated heterocycles. The third-order valence-electron chi connectivity index (χ3n) is 1.92. The number of carboxylic acid groups (broad SMARTS) is 1. The summed E-state index contributed by atoms with van der Waals surface area (Å²) < 4.78 is 0. The van der Waals surface area contributed by atoms with Gasteiger partial charge in [-0.2, -0.15) is 0 Å². The summed E-state index contributed by atoms with van der Waals surface area (Å²) in [6.07, 6.45) is 1.77. The standard InChI is InChI=1S/C9H11ClN2O2/c1-5-6(2-7(10)4-12-5)3-8(11)9(13)14/h2,4,8H,3,11H2,1H3,(H,13,14)/t8-/m0/s1. The number of hydrogen-bond donors (Lipinski definition) is 2. The molecular weight excluding hydrogens is 204 g/mol. The number of nitrogens with zero attached hydrogens (tertiary/aromatic N) is 1. The topological polar surface area (TPSA) is 76.2 Å². The Labute approximate surface area is 86.7 Å². The average Bonchev–Trinajstić information content (AvgIpc) is 2.11. The Kier molecular flexibility index (Phi) is 3.43. The van der Waals surface area contributed by atoms with Crippen molar-refractivity contribution in [2.24, 2.45) is 5.73 Å². The van der Waals surface area contributed by atoms with Gasteiger partial charge in [0.05, 0.1) is 5.02 Å². The van der Waals surface area contributed by atoms with Crippen LogP contribution in [0.4, 0.5) is 0 Å². The van der Waals surface area contributed by atoms with Gasteiger partial charge in [0.1, 0.15) is 6.04 Å². The highest BCUT2D eigenvalue weighted by molar-refractivity contribution is 6.30. The van der Waals surface area contributed by atoms with Crippen molar-refractivity contribution < 1.29 is 9.90 Å². The SMILES string of the molecule is Cc1ncc(Cl)cc1C[C@H](N)C(=O)O. The third-order valence-corrected chi connectivity index (χ3v) is 2.12. The summed E-state index contributed by atoms with van der Waals surface area (Å²) in [6, 6.07) is 0.779. The molecule has 0 aliphatic rings. The van der Waals surface area contributed by atoms with Crippen LogP contribution in [0.1, 0.15) is 11.3 Å². The number of nitrogens with two attached hydrogens (primary N) is 1. The molecule has 14 heavy (non-hydrogen) atoms. The van der Waals surface area contributed by atoms with Gasteiger partial charge in [0, 0.05) is 18.3 Å². The van der Waals surface area contributed by atoms with Crippen LogP contribution in [0.3, 0.4) is 0 Å². The Hall–Kier alpha value is -1.13. The monoisotopic (exact) mass is 214 g/mol. The number of rotatable bonds is 3. The number of pyridine rings is 1. The van der Waals surface area contributed by atoms with E-state index in [1.807, 2.05) is 0 Å². The summed E-state index contributed by atoms with van der Waals surface area (Å²) in [5, 5.41) is 9.11. The van der Waals surface area contributed by atoms with E-state index in [0.29, 0.717) is 5.02 Å². The van der Waals surface area contributed by atoms with Gasteiger partial charge < -0.3 is 10.8 Å².